The van der Waals surface area contributed by atoms with Gasteiger partial charge in [0.05, 0.1) is 0 Å². The third-order valence-electron chi connectivity index (χ3n) is 8.94. The van der Waals surface area contributed by atoms with Crippen molar-refractivity contribution in [1.82, 2.24) is 0 Å². The SMILES string of the molecule is CCCc1ccc(CCC2CCc3c(cc(F)c(C4CCC(c5cc(F)c(C#N)c(F)c5)CC4)c3F)C2)cc1. The zero-order chi connectivity index (χ0) is 27.5. The van der Waals surface area contributed by atoms with Gasteiger partial charge in [-0.2, -0.15) is 5.26 Å². The van der Waals surface area contributed by atoms with Gasteiger partial charge in [-0.25, -0.2) is 17.6 Å². The van der Waals surface area contributed by atoms with Crippen molar-refractivity contribution in [3.8, 4) is 6.07 Å². The first-order valence-electron chi connectivity index (χ1n) is 14.3. The summed E-state index contributed by atoms with van der Waals surface area (Å²) in [5.41, 5.74) is 4.28. The maximum absolute atomic E-state index is 15.7. The summed E-state index contributed by atoms with van der Waals surface area (Å²) >= 11 is 0. The summed E-state index contributed by atoms with van der Waals surface area (Å²) in [4.78, 5) is 0. The number of rotatable bonds is 7. The third-order valence-corrected chi connectivity index (χ3v) is 8.94. The molecule has 3 aromatic rings. The predicted molar refractivity (Wildman–Crippen MR) is 146 cm³/mol. The van der Waals surface area contributed by atoms with Crippen molar-refractivity contribution in [2.24, 2.45) is 5.92 Å². The van der Waals surface area contributed by atoms with E-state index in [0.717, 1.165) is 37.7 Å². The number of halogens is 4. The van der Waals surface area contributed by atoms with Gasteiger partial charge in [-0.1, -0.05) is 37.6 Å². The van der Waals surface area contributed by atoms with Crippen LogP contribution in [0.4, 0.5) is 17.6 Å². The summed E-state index contributed by atoms with van der Waals surface area (Å²) in [5, 5.41) is 8.91. The van der Waals surface area contributed by atoms with E-state index in [0.29, 0.717) is 55.6 Å². The zero-order valence-electron chi connectivity index (χ0n) is 22.5. The van der Waals surface area contributed by atoms with Gasteiger partial charge in [-0.05, 0) is 128 Å². The normalized spacial score (nSPS) is 20.9. The van der Waals surface area contributed by atoms with E-state index in [4.69, 9.17) is 5.26 Å². The number of fused-ring (bicyclic) bond motifs is 1. The van der Waals surface area contributed by atoms with Gasteiger partial charge in [-0.3, -0.25) is 0 Å². The molecule has 1 unspecified atom stereocenters. The number of nitrogens with zero attached hydrogens (tertiary/aromatic N) is 1. The van der Waals surface area contributed by atoms with Crippen LogP contribution in [0.25, 0.3) is 0 Å². The van der Waals surface area contributed by atoms with Gasteiger partial charge in [0.2, 0.25) is 0 Å². The summed E-state index contributed by atoms with van der Waals surface area (Å²) in [7, 11) is 0. The van der Waals surface area contributed by atoms with Crippen LogP contribution in [0.2, 0.25) is 0 Å². The highest BCUT2D eigenvalue weighted by molar-refractivity contribution is 5.40. The molecule has 0 heterocycles. The summed E-state index contributed by atoms with van der Waals surface area (Å²) in [5.74, 6) is -2.47. The van der Waals surface area contributed by atoms with Crippen molar-refractivity contribution in [2.75, 3.05) is 0 Å². The van der Waals surface area contributed by atoms with Crippen LogP contribution in [0.3, 0.4) is 0 Å². The Hall–Kier alpha value is -3.13. The minimum Gasteiger partial charge on any atom is -0.207 e. The molecule has 0 spiro atoms. The van der Waals surface area contributed by atoms with Crippen molar-refractivity contribution < 1.29 is 17.6 Å². The van der Waals surface area contributed by atoms with Crippen molar-refractivity contribution >= 4 is 0 Å². The largest absolute Gasteiger partial charge is 0.207 e. The first-order valence-corrected chi connectivity index (χ1v) is 14.3. The Kier molecular flexibility index (Phi) is 8.40. The van der Waals surface area contributed by atoms with Crippen LogP contribution < -0.4 is 0 Å². The molecule has 1 saturated carbocycles. The molecule has 2 aliphatic carbocycles. The van der Waals surface area contributed by atoms with Crippen LogP contribution in [-0.2, 0) is 25.7 Å². The van der Waals surface area contributed by atoms with E-state index in [1.54, 1.807) is 12.1 Å². The predicted octanol–water partition coefficient (Wildman–Crippen LogP) is 9.25. The van der Waals surface area contributed by atoms with E-state index < -0.39 is 23.0 Å². The smallest absolute Gasteiger partial charge is 0.144 e. The molecule has 1 atom stereocenters. The molecule has 5 rings (SSSR count). The molecule has 0 saturated heterocycles. The van der Waals surface area contributed by atoms with Gasteiger partial charge < -0.3 is 0 Å². The van der Waals surface area contributed by atoms with Gasteiger partial charge in [-0.15, -0.1) is 0 Å². The molecule has 1 nitrogen and oxygen atoms in total. The zero-order valence-corrected chi connectivity index (χ0v) is 22.5. The average molecular weight is 534 g/mol. The Morgan fingerprint density at radius 3 is 2.03 bits per heavy atom. The van der Waals surface area contributed by atoms with E-state index in [1.165, 1.54) is 23.3 Å². The molecule has 3 aromatic carbocycles. The van der Waals surface area contributed by atoms with Crippen molar-refractivity contribution in [3.05, 3.63) is 105 Å². The van der Waals surface area contributed by atoms with E-state index in [-0.39, 0.29) is 23.2 Å². The Morgan fingerprint density at radius 1 is 0.795 bits per heavy atom. The molecule has 2 aliphatic rings. The van der Waals surface area contributed by atoms with Crippen LogP contribution in [0.15, 0.2) is 42.5 Å². The topological polar surface area (TPSA) is 23.8 Å². The highest BCUT2D eigenvalue weighted by Crippen LogP contribution is 2.44. The molecule has 204 valence electrons. The molecule has 1 fully saturated rings. The molecule has 0 N–H and O–H groups in total. The number of nitriles is 1. The number of benzene rings is 3. The number of hydrogen-bond donors (Lipinski definition) is 0. The quantitative estimate of drug-likeness (QED) is 0.278. The van der Waals surface area contributed by atoms with Crippen LogP contribution in [0.1, 0.15) is 103 Å². The fourth-order valence-corrected chi connectivity index (χ4v) is 6.74. The summed E-state index contributed by atoms with van der Waals surface area (Å²) in [6.07, 6.45) is 8.76. The molecule has 0 bridgehead atoms. The highest BCUT2D eigenvalue weighted by Gasteiger charge is 2.32. The van der Waals surface area contributed by atoms with E-state index in [9.17, 15) is 8.78 Å². The highest BCUT2D eigenvalue weighted by atomic mass is 19.1. The Bertz CT molecular complexity index is 1340. The summed E-state index contributed by atoms with van der Waals surface area (Å²) < 4.78 is 59.3. The van der Waals surface area contributed by atoms with Crippen LogP contribution in [0.5, 0.6) is 0 Å². The second-order valence-electron chi connectivity index (χ2n) is 11.5. The summed E-state index contributed by atoms with van der Waals surface area (Å²) in [6.45, 7) is 2.18. The van der Waals surface area contributed by atoms with Gasteiger partial charge in [0.15, 0.2) is 0 Å². The lowest BCUT2D eigenvalue weighted by Crippen LogP contribution is -2.20. The minimum absolute atomic E-state index is 0.0923. The molecule has 0 amide bonds. The Balaban J connectivity index is 1.23. The molecule has 5 heteroatoms. The summed E-state index contributed by atoms with van der Waals surface area (Å²) in [6, 6.07) is 14.4. The lowest BCUT2D eigenvalue weighted by Gasteiger charge is -2.32. The van der Waals surface area contributed by atoms with Gasteiger partial charge in [0.25, 0.3) is 0 Å². The van der Waals surface area contributed by atoms with Crippen molar-refractivity contribution in [1.29, 1.82) is 5.26 Å². The molecule has 0 radical (unpaired) electrons. The first-order chi connectivity index (χ1) is 18.9. The molecular weight excluding hydrogens is 498 g/mol. The number of hydrogen-bond acceptors (Lipinski definition) is 1. The maximum Gasteiger partial charge on any atom is 0.144 e. The second kappa shape index (κ2) is 11.9. The first kappa shape index (κ1) is 27.4. The maximum atomic E-state index is 15.7. The lowest BCUT2D eigenvalue weighted by molar-refractivity contribution is 0.368. The van der Waals surface area contributed by atoms with Gasteiger partial charge in [0, 0.05) is 5.56 Å². The molecule has 39 heavy (non-hydrogen) atoms. The standard InChI is InChI=1S/C34H35F4N/c1-2-3-21-4-6-22(7-5-21)8-9-23-10-15-28-27(16-23)19-32(37)33(34(28)38)25-13-11-24(12-14-25)26-17-30(35)29(20-39)31(36)18-26/h4-7,17-19,23-25H,2-3,8-16H2,1H3. The van der Waals surface area contributed by atoms with Crippen LogP contribution >= 0.6 is 0 Å². The third kappa shape index (κ3) is 5.91. The minimum atomic E-state index is -0.857. The van der Waals surface area contributed by atoms with Crippen LogP contribution in [-0.4, -0.2) is 0 Å². The molecular formula is C34H35F4N. The van der Waals surface area contributed by atoms with Gasteiger partial charge in [0.1, 0.15) is 34.9 Å². The van der Waals surface area contributed by atoms with Gasteiger partial charge >= 0.3 is 0 Å². The fourth-order valence-electron chi connectivity index (χ4n) is 6.74. The van der Waals surface area contributed by atoms with Crippen LogP contribution in [0, 0.1) is 40.5 Å². The fraction of sp³-hybridized carbons (Fsp3) is 0.441. The second-order valence-corrected chi connectivity index (χ2v) is 11.5. The van der Waals surface area contributed by atoms with Crippen molar-refractivity contribution in [3.63, 3.8) is 0 Å². The average Bonchev–Trinajstić information content (AvgIpc) is 2.93. The Labute approximate surface area is 228 Å². The lowest BCUT2D eigenvalue weighted by atomic mass is 9.74. The van der Waals surface area contributed by atoms with E-state index >= 15 is 8.78 Å². The Morgan fingerprint density at radius 2 is 1.41 bits per heavy atom. The molecule has 0 aliphatic heterocycles. The van der Waals surface area contributed by atoms with Crippen molar-refractivity contribution in [2.45, 2.75) is 89.4 Å². The van der Waals surface area contributed by atoms with E-state index in [2.05, 4.69) is 31.2 Å². The molecule has 0 aromatic heterocycles. The monoisotopic (exact) mass is 533 g/mol. The number of aryl methyl sites for hydroxylation is 2. The van der Waals surface area contributed by atoms with E-state index in [1.807, 2.05) is 0 Å².